The van der Waals surface area contributed by atoms with Gasteiger partial charge in [0.25, 0.3) is 0 Å². The monoisotopic (exact) mass is 212 g/mol. The minimum Gasteiger partial charge on any atom is -0.445 e. The van der Waals surface area contributed by atoms with E-state index in [-0.39, 0.29) is 11.9 Å². The number of ether oxygens (including phenoxy) is 1. The van der Waals surface area contributed by atoms with Gasteiger partial charge in [-0.25, -0.2) is 20.0 Å². The molecule has 0 saturated carbocycles. The second-order valence-electron chi connectivity index (χ2n) is 3.28. The number of benzene rings is 1. The Hall–Kier alpha value is -1.62. The average molecular weight is 212 g/mol. The third-order valence-electron chi connectivity index (χ3n) is 1.64. The molecule has 0 unspecified atom stereocenters. The van der Waals surface area contributed by atoms with Crippen molar-refractivity contribution in [1.82, 2.24) is 0 Å². The lowest BCUT2D eigenvalue weighted by Gasteiger charge is -2.17. The largest absolute Gasteiger partial charge is 0.445 e. The number of amides is 1. The lowest BCUT2D eigenvalue weighted by atomic mass is 10.3. The van der Waals surface area contributed by atoms with Crippen LogP contribution in [-0.4, -0.2) is 12.2 Å². The van der Waals surface area contributed by atoms with E-state index in [0.717, 1.165) is 5.01 Å². The molecule has 2 N–H and O–H groups in total. The second-order valence-corrected chi connectivity index (χ2v) is 3.28. The Labute approximate surface area is 87.4 Å². The maximum atomic E-state index is 12.6. The summed E-state index contributed by atoms with van der Waals surface area (Å²) in [6, 6.07) is 5.24. The summed E-state index contributed by atoms with van der Waals surface area (Å²) >= 11 is 0. The van der Waals surface area contributed by atoms with Gasteiger partial charge in [0, 0.05) is 0 Å². The van der Waals surface area contributed by atoms with Gasteiger partial charge >= 0.3 is 6.09 Å². The first kappa shape index (κ1) is 11.5. The molecule has 0 heterocycles. The summed E-state index contributed by atoms with van der Waals surface area (Å²) in [4.78, 5) is 11.3. The number of halogens is 1. The van der Waals surface area contributed by atoms with Gasteiger partial charge in [0.15, 0.2) is 0 Å². The van der Waals surface area contributed by atoms with Crippen molar-refractivity contribution in [1.29, 1.82) is 0 Å². The predicted octanol–water partition coefficient (Wildman–Crippen LogP) is 2.05. The Morgan fingerprint density at radius 1 is 1.40 bits per heavy atom. The topological polar surface area (TPSA) is 55.6 Å². The minimum atomic E-state index is -0.670. The van der Waals surface area contributed by atoms with Crippen molar-refractivity contribution in [2.24, 2.45) is 5.84 Å². The van der Waals surface area contributed by atoms with E-state index in [1.807, 2.05) is 0 Å². The lowest BCUT2D eigenvalue weighted by Crippen LogP contribution is -2.39. The Morgan fingerprint density at radius 2 is 1.93 bits per heavy atom. The van der Waals surface area contributed by atoms with Crippen molar-refractivity contribution in [2.45, 2.75) is 20.0 Å². The molecule has 4 nitrogen and oxygen atoms in total. The summed E-state index contributed by atoms with van der Waals surface area (Å²) in [5.74, 6) is 5.09. The number of nitrogens with zero attached hydrogens (tertiary/aromatic N) is 1. The van der Waals surface area contributed by atoms with E-state index in [2.05, 4.69) is 0 Å². The van der Waals surface area contributed by atoms with Gasteiger partial charge in [-0.05, 0) is 38.1 Å². The molecule has 0 saturated heterocycles. The molecular formula is C10H13FN2O2. The number of hydrogen-bond acceptors (Lipinski definition) is 3. The van der Waals surface area contributed by atoms with Crippen molar-refractivity contribution in [3.05, 3.63) is 30.1 Å². The highest BCUT2D eigenvalue weighted by Crippen LogP contribution is 2.12. The molecular weight excluding hydrogens is 199 g/mol. The SMILES string of the molecule is CC(C)OC(=O)N(N)c1ccc(F)cc1. The summed E-state index contributed by atoms with van der Waals surface area (Å²) in [6.45, 7) is 3.44. The molecule has 0 fully saturated rings. The molecule has 15 heavy (non-hydrogen) atoms. The van der Waals surface area contributed by atoms with Crippen LogP contribution < -0.4 is 10.9 Å². The van der Waals surface area contributed by atoms with E-state index in [4.69, 9.17) is 10.6 Å². The van der Waals surface area contributed by atoms with E-state index in [0.29, 0.717) is 5.69 Å². The fraction of sp³-hybridized carbons (Fsp3) is 0.300. The van der Waals surface area contributed by atoms with Crippen molar-refractivity contribution in [3.63, 3.8) is 0 Å². The van der Waals surface area contributed by atoms with Gasteiger partial charge in [-0.15, -0.1) is 0 Å². The Bertz CT molecular complexity index is 338. The molecule has 0 aromatic heterocycles. The molecule has 0 bridgehead atoms. The maximum Gasteiger partial charge on any atom is 0.429 e. The van der Waals surface area contributed by atoms with Crippen LogP contribution in [-0.2, 0) is 4.74 Å². The first-order valence-electron chi connectivity index (χ1n) is 4.51. The van der Waals surface area contributed by atoms with Gasteiger partial charge in [-0.3, -0.25) is 0 Å². The van der Waals surface area contributed by atoms with Crippen LogP contribution in [0.5, 0.6) is 0 Å². The summed E-state index contributed by atoms with van der Waals surface area (Å²) in [5.41, 5.74) is 0.377. The van der Waals surface area contributed by atoms with Gasteiger partial charge < -0.3 is 4.74 Å². The van der Waals surface area contributed by atoms with Crippen LogP contribution in [0.15, 0.2) is 24.3 Å². The summed E-state index contributed by atoms with van der Waals surface area (Å²) < 4.78 is 17.5. The van der Waals surface area contributed by atoms with Gasteiger partial charge in [0.2, 0.25) is 0 Å². The van der Waals surface area contributed by atoms with E-state index < -0.39 is 6.09 Å². The molecule has 82 valence electrons. The quantitative estimate of drug-likeness (QED) is 0.463. The number of carbonyl (C=O) groups is 1. The van der Waals surface area contributed by atoms with E-state index in [9.17, 15) is 9.18 Å². The Balaban J connectivity index is 2.71. The van der Waals surface area contributed by atoms with Crippen LogP contribution in [0.25, 0.3) is 0 Å². The first-order valence-corrected chi connectivity index (χ1v) is 4.51. The molecule has 0 radical (unpaired) electrons. The number of hydrazine groups is 1. The average Bonchev–Trinajstić information content (AvgIpc) is 2.17. The predicted molar refractivity (Wildman–Crippen MR) is 54.7 cm³/mol. The van der Waals surface area contributed by atoms with Crippen LogP contribution in [0.3, 0.4) is 0 Å². The van der Waals surface area contributed by atoms with E-state index in [1.165, 1.54) is 24.3 Å². The van der Waals surface area contributed by atoms with Gasteiger partial charge in [0.1, 0.15) is 5.82 Å². The van der Waals surface area contributed by atoms with Crippen LogP contribution >= 0.6 is 0 Å². The smallest absolute Gasteiger partial charge is 0.429 e. The molecule has 5 heteroatoms. The highest BCUT2D eigenvalue weighted by atomic mass is 19.1. The normalized spacial score (nSPS) is 10.2. The van der Waals surface area contributed by atoms with Gasteiger partial charge in [-0.2, -0.15) is 0 Å². The maximum absolute atomic E-state index is 12.6. The fourth-order valence-electron chi connectivity index (χ4n) is 0.966. The molecule has 1 rings (SSSR count). The fourth-order valence-corrected chi connectivity index (χ4v) is 0.966. The number of hydrogen-bond donors (Lipinski definition) is 1. The molecule has 0 aliphatic rings. The zero-order chi connectivity index (χ0) is 11.4. The minimum absolute atomic E-state index is 0.246. The second kappa shape index (κ2) is 4.75. The summed E-state index contributed by atoms with van der Waals surface area (Å²) in [6.07, 6.45) is -0.916. The molecule has 0 aliphatic carbocycles. The zero-order valence-corrected chi connectivity index (χ0v) is 8.61. The highest BCUT2D eigenvalue weighted by Gasteiger charge is 2.14. The van der Waals surface area contributed by atoms with Crippen molar-refractivity contribution in [3.8, 4) is 0 Å². The Morgan fingerprint density at radius 3 is 2.40 bits per heavy atom. The number of anilines is 1. The van der Waals surface area contributed by atoms with Crippen LogP contribution in [0, 0.1) is 5.82 Å². The lowest BCUT2D eigenvalue weighted by molar-refractivity contribution is 0.122. The highest BCUT2D eigenvalue weighted by molar-refractivity contribution is 5.86. The van der Waals surface area contributed by atoms with Crippen molar-refractivity contribution >= 4 is 11.8 Å². The number of nitrogens with two attached hydrogens (primary N) is 1. The summed E-state index contributed by atoms with van der Waals surface area (Å²) in [7, 11) is 0. The number of rotatable bonds is 2. The molecule has 1 aromatic carbocycles. The summed E-state index contributed by atoms with van der Waals surface area (Å²) in [5, 5.41) is 0.833. The number of carbonyl (C=O) groups excluding carboxylic acids is 1. The van der Waals surface area contributed by atoms with Crippen molar-refractivity contribution < 1.29 is 13.9 Å². The van der Waals surface area contributed by atoms with Crippen LogP contribution in [0.1, 0.15) is 13.8 Å². The molecule has 0 aliphatic heterocycles. The van der Waals surface area contributed by atoms with Crippen molar-refractivity contribution in [2.75, 3.05) is 5.01 Å². The van der Waals surface area contributed by atoms with E-state index >= 15 is 0 Å². The van der Waals surface area contributed by atoms with E-state index in [1.54, 1.807) is 13.8 Å². The molecule has 1 aromatic rings. The standard InChI is InChI=1S/C10H13FN2O2/c1-7(2)15-10(14)13(12)9-5-3-8(11)4-6-9/h3-7H,12H2,1-2H3. The molecule has 0 spiro atoms. The van der Waals surface area contributed by atoms with Gasteiger partial charge in [0.05, 0.1) is 11.8 Å². The van der Waals surface area contributed by atoms with Crippen LogP contribution in [0.4, 0.5) is 14.9 Å². The Kier molecular flexibility index (Phi) is 3.62. The first-order chi connectivity index (χ1) is 7.00. The third-order valence-corrected chi connectivity index (χ3v) is 1.64. The zero-order valence-electron chi connectivity index (χ0n) is 8.61. The van der Waals surface area contributed by atoms with Crippen LogP contribution in [0.2, 0.25) is 0 Å². The molecule has 1 amide bonds. The van der Waals surface area contributed by atoms with Gasteiger partial charge in [-0.1, -0.05) is 0 Å². The third kappa shape index (κ3) is 3.21. The molecule has 0 atom stereocenters.